The van der Waals surface area contributed by atoms with E-state index in [1.807, 2.05) is 29.5 Å². The van der Waals surface area contributed by atoms with Gasteiger partial charge < -0.3 is 13.7 Å². The van der Waals surface area contributed by atoms with E-state index < -0.39 is 0 Å². The lowest BCUT2D eigenvalue weighted by Crippen LogP contribution is -2.10. The van der Waals surface area contributed by atoms with Gasteiger partial charge in [0, 0.05) is 64.5 Å². The Labute approximate surface area is 255 Å². The van der Waals surface area contributed by atoms with Crippen LogP contribution in [0.3, 0.4) is 0 Å². The molecule has 0 N–H and O–H groups in total. The Morgan fingerprint density at radius 1 is 0.386 bits per heavy atom. The largest absolute Gasteiger partial charge is 0.456 e. The first-order valence-corrected chi connectivity index (χ1v) is 15.6. The molecule has 3 aromatic heterocycles. The number of hydrogen-bond donors (Lipinski definition) is 0. The highest BCUT2D eigenvalue weighted by Gasteiger charge is 2.22. The number of thiophene rings is 1. The molecule has 0 atom stereocenters. The van der Waals surface area contributed by atoms with Crippen LogP contribution in [0.25, 0.3) is 74.8 Å². The second kappa shape index (κ2) is 8.96. The Morgan fingerprint density at radius 3 is 1.80 bits per heavy atom. The molecule has 0 fully saturated rings. The number of anilines is 3. The van der Waals surface area contributed by atoms with Crippen LogP contribution in [0.15, 0.2) is 148 Å². The number of furan rings is 2. The van der Waals surface area contributed by atoms with Crippen LogP contribution in [0.1, 0.15) is 0 Å². The van der Waals surface area contributed by atoms with Gasteiger partial charge in [-0.3, -0.25) is 0 Å². The van der Waals surface area contributed by atoms with Crippen LogP contribution in [0, 0.1) is 0 Å². The summed E-state index contributed by atoms with van der Waals surface area (Å²) in [5.74, 6) is 0. The minimum atomic E-state index is 0.877. The second-order valence-electron chi connectivity index (χ2n) is 11.3. The van der Waals surface area contributed by atoms with Crippen molar-refractivity contribution in [2.45, 2.75) is 0 Å². The van der Waals surface area contributed by atoms with Crippen molar-refractivity contribution in [3.8, 4) is 0 Å². The third kappa shape index (κ3) is 3.37. The minimum absolute atomic E-state index is 0.877. The summed E-state index contributed by atoms with van der Waals surface area (Å²) in [6.45, 7) is 0. The molecule has 7 aromatic carbocycles. The number of rotatable bonds is 3. The van der Waals surface area contributed by atoms with Gasteiger partial charge in [0.25, 0.3) is 0 Å². The summed E-state index contributed by atoms with van der Waals surface area (Å²) in [7, 11) is 0. The van der Waals surface area contributed by atoms with Crippen LogP contribution in [-0.2, 0) is 0 Å². The Hall–Kier alpha value is -5.58. The summed E-state index contributed by atoms with van der Waals surface area (Å²) in [6, 6.07) is 49.5. The Kier molecular flexibility index (Phi) is 4.87. The molecule has 10 rings (SSSR count). The number of fused-ring (bicyclic) bond motifs is 11. The molecule has 0 aliphatic heterocycles. The lowest BCUT2D eigenvalue weighted by molar-refractivity contribution is 0.668. The zero-order valence-corrected chi connectivity index (χ0v) is 24.3. The van der Waals surface area contributed by atoms with Crippen molar-refractivity contribution >= 4 is 103 Å². The van der Waals surface area contributed by atoms with Crippen LogP contribution >= 0.6 is 11.3 Å². The van der Waals surface area contributed by atoms with Crippen molar-refractivity contribution in [3.63, 3.8) is 0 Å². The smallest absolute Gasteiger partial charge is 0.138 e. The van der Waals surface area contributed by atoms with E-state index >= 15 is 0 Å². The summed E-state index contributed by atoms with van der Waals surface area (Å²) in [5, 5.41) is 9.37. The molecule has 0 bridgehead atoms. The van der Waals surface area contributed by atoms with Crippen LogP contribution in [0.2, 0.25) is 0 Å². The fourth-order valence-electron chi connectivity index (χ4n) is 6.89. The lowest BCUT2D eigenvalue weighted by Gasteiger charge is -2.27. The SMILES string of the molecule is c1ccc2c(c1)oc1ccc(N(c3ccc4sc5ccccc5c4c3)c3cc4oc5ccccc5c4c4ccccc34)cc12. The van der Waals surface area contributed by atoms with Crippen molar-refractivity contribution < 1.29 is 8.83 Å². The molecule has 0 amide bonds. The first kappa shape index (κ1) is 23.9. The van der Waals surface area contributed by atoms with Crippen LogP contribution in [0.5, 0.6) is 0 Å². The number of nitrogens with zero attached hydrogens (tertiary/aromatic N) is 1. The predicted octanol–water partition coefficient (Wildman–Crippen LogP) is 12.5. The Balaban J connectivity index is 1.32. The van der Waals surface area contributed by atoms with Gasteiger partial charge in [-0.05, 0) is 60.0 Å². The highest BCUT2D eigenvalue weighted by atomic mass is 32.1. The summed E-state index contributed by atoms with van der Waals surface area (Å²) in [6.07, 6.45) is 0. The van der Waals surface area contributed by atoms with Crippen molar-refractivity contribution in [3.05, 3.63) is 140 Å². The molecular weight excluding hydrogens is 559 g/mol. The van der Waals surface area contributed by atoms with Crippen molar-refractivity contribution in [2.75, 3.05) is 4.90 Å². The highest BCUT2D eigenvalue weighted by Crippen LogP contribution is 2.47. The fraction of sp³-hybridized carbons (Fsp3) is 0. The zero-order chi connectivity index (χ0) is 28.8. The van der Waals surface area contributed by atoms with E-state index in [0.717, 1.165) is 60.9 Å². The minimum Gasteiger partial charge on any atom is -0.456 e. The molecule has 3 nitrogen and oxygen atoms in total. The number of para-hydroxylation sites is 2. The maximum Gasteiger partial charge on any atom is 0.138 e. The Morgan fingerprint density at radius 2 is 0.955 bits per heavy atom. The van der Waals surface area contributed by atoms with Gasteiger partial charge in [0.15, 0.2) is 0 Å². The number of hydrogen-bond acceptors (Lipinski definition) is 4. The quantitative estimate of drug-likeness (QED) is 0.208. The second-order valence-corrected chi connectivity index (χ2v) is 12.4. The average molecular weight is 582 g/mol. The van der Waals surface area contributed by atoms with E-state index in [0.29, 0.717) is 0 Å². The van der Waals surface area contributed by atoms with Gasteiger partial charge in [-0.1, -0.05) is 78.9 Å². The van der Waals surface area contributed by atoms with Gasteiger partial charge in [-0.25, -0.2) is 0 Å². The maximum absolute atomic E-state index is 6.51. The molecule has 3 heterocycles. The van der Waals surface area contributed by atoms with E-state index in [1.165, 1.54) is 30.9 Å². The van der Waals surface area contributed by atoms with Gasteiger partial charge in [0.05, 0.1) is 5.69 Å². The maximum atomic E-state index is 6.51. The predicted molar refractivity (Wildman–Crippen MR) is 186 cm³/mol. The molecule has 0 aliphatic carbocycles. The van der Waals surface area contributed by atoms with E-state index in [-0.39, 0.29) is 0 Å². The van der Waals surface area contributed by atoms with E-state index in [9.17, 15) is 0 Å². The average Bonchev–Trinajstić information content (AvgIpc) is 3.76. The molecule has 0 unspecified atom stereocenters. The normalized spacial score (nSPS) is 12.1. The van der Waals surface area contributed by atoms with Crippen molar-refractivity contribution in [1.29, 1.82) is 0 Å². The first-order chi connectivity index (χ1) is 21.8. The van der Waals surface area contributed by atoms with Gasteiger partial charge >= 0.3 is 0 Å². The molecule has 0 saturated carbocycles. The van der Waals surface area contributed by atoms with Crippen LogP contribution in [0.4, 0.5) is 17.1 Å². The summed E-state index contributed by atoms with van der Waals surface area (Å²) in [5.41, 5.74) is 6.77. The third-order valence-electron chi connectivity index (χ3n) is 8.84. The van der Waals surface area contributed by atoms with E-state index in [1.54, 1.807) is 0 Å². The number of benzene rings is 7. The van der Waals surface area contributed by atoms with Gasteiger partial charge in [-0.15, -0.1) is 11.3 Å². The van der Waals surface area contributed by atoms with Crippen molar-refractivity contribution in [2.24, 2.45) is 0 Å². The molecule has 4 heteroatoms. The third-order valence-corrected chi connectivity index (χ3v) is 9.99. The molecule has 0 saturated heterocycles. The molecule has 0 aliphatic rings. The highest BCUT2D eigenvalue weighted by molar-refractivity contribution is 7.25. The standard InChI is InChI=1S/C40H23NO2S/c1-2-12-29-26(9-1)33(23-37-40(29)30-13-4-7-15-35(30)43-37)41(24-17-19-36-31(21-24)27-10-3-6-14-34(27)42-36)25-18-20-39-32(22-25)28-11-5-8-16-38(28)44-39/h1-23H. The monoisotopic (exact) mass is 581 g/mol. The van der Waals surface area contributed by atoms with Gasteiger partial charge in [-0.2, -0.15) is 0 Å². The van der Waals surface area contributed by atoms with E-state index in [4.69, 9.17) is 8.83 Å². The van der Waals surface area contributed by atoms with Crippen molar-refractivity contribution in [1.82, 2.24) is 0 Å². The molecule has 206 valence electrons. The molecule has 44 heavy (non-hydrogen) atoms. The summed E-state index contributed by atoms with van der Waals surface area (Å²) < 4.78 is 15.3. The van der Waals surface area contributed by atoms with Gasteiger partial charge in [0.1, 0.15) is 22.3 Å². The zero-order valence-electron chi connectivity index (χ0n) is 23.5. The molecule has 10 aromatic rings. The summed E-state index contributed by atoms with van der Waals surface area (Å²) >= 11 is 1.84. The van der Waals surface area contributed by atoms with Crippen LogP contribution in [-0.4, -0.2) is 0 Å². The molecular formula is C40H23NO2S. The molecule has 0 spiro atoms. The Bertz CT molecular complexity index is 2630. The van der Waals surface area contributed by atoms with Gasteiger partial charge in [0.2, 0.25) is 0 Å². The van der Waals surface area contributed by atoms with E-state index in [2.05, 4.69) is 126 Å². The van der Waals surface area contributed by atoms with Crippen LogP contribution < -0.4 is 4.90 Å². The fourth-order valence-corrected chi connectivity index (χ4v) is 7.98. The topological polar surface area (TPSA) is 29.5 Å². The molecule has 0 radical (unpaired) electrons. The first-order valence-electron chi connectivity index (χ1n) is 14.8. The summed E-state index contributed by atoms with van der Waals surface area (Å²) in [4.78, 5) is 2.38. The lowest BCUT2D eigenvalue weighted by atomic mass is 10.0.